The molecule has 310 valence electrons. The van der Waals surface area contributed by atoms with Crippen LogP contribution in [0, 0.1) is 0 Å². The van der Waals surface area contributed by atoms with Crippen molar-refractivity contribution < 1.29 is 31.3 Å². The standard InChI is InChI=1S/2C26H24P2.2CH4O.Mo/c2*1-5-13-23(14-6-1)27(24-15-7-2-8-16-24)21-22-28(25-17-9-3-10-18-25)26-19-11-4-12-20-26;2*1-2;/h2*1-20H,21-22H2;2*2H,1H3;. The van der Waals surface area contributed by atoms with Crippen molar-refractivity contribution in [1.82, 2.24) is 0 Å². The SMILES string of the molecule is CO.CO.[Mo].c1ccc(P(CCP(c2ccccc2)c2ccccc2)c2ccccc2)cc1.c1ccc(P(CCP(c2ccccc2)c2ccccc2)c2ccccc2)cc1. The number of aliphatic hydroxyl groups excluding tert-OH is 2. The van der Waals surface area contributed by atoms with E-state index in [4.69, 9.17) is 10.2 Å². The maximum Gasteiger partial charge on any atom is 0.0319 e. The largest absolute Gasteiger partial charge is 0.400 e. The summed E-state index contributed by atoms with van der Waals surface area (Å²) in [7, 11) is 0.608. The van der Waals surface area contributed by atoms with E-state index in [0.29, 0.717) is 0 Å². The summed E-state index contributed by atoms with van der Waals surface area (Å²) >= 11 is 0. The molecule has 0 saturated carbocycles. The maximum atomic E-state index is 7.00. The van der Waals surface area contributed by atoms with Crippen LogP contribution in [-0.2, 0) is 21.1 Å². The van der Waals surface area contributed by atoms with E-state index in [1.165, 1.54) is 67.1 Å². The van der Waals surface area contributed by atoms with E-state index in [1.54, 1.807) is 0 Å². The fourth-order valence-corrected chi connectivity index (χ4v) is 17.6. The molecule has 8 rings (SSSR count). The van der Waals surface area contributed by atoms with E-state index in [9.17, 15) is 0 Å². The molecule has 0 unspecified atom stereocenters. The van der Waals surface area contributed by atoms with Gasteiger partial charge >= 0.3 is 0 Å². The summed E-state index contributed by atoms with van der Waals surface area (Å²) in [6.07, 6.45) is 4.83. The van der Waals surface area contributed by atoms with Crippen LogP contribution in [0.15, 0.2) is 243 Å². The van der Waals surface area contributed by atoms with Crippen LogP contribution in [0.2, 0.25) is 0 Å². The fourth-order valence-electron chi connectivity index (χ4n) is 6.89. The van der Waals surface area contributed by atoms with Gasteiger partial charge in [-0.3, -0.25) is 0 Å². The van der Waals surface area contributed by atoms with Gasteiger partial charge in [0.1, 0.15) is 0 Å². The van der Waals surface area contributed by atoms with Gasteiger partial charge in [-0.2, -0.15) is 0 Å². The molecular formula is C54H56MoO2P4. The molecule has 0 aliphatic heterocycles. The third kappa shape index (κ3) is 15.7. The Labute approximate surface area is 384 Å². The normalized spacial score (nSPS) is 10.4. The molecule has 2 N–H and O–H groups in total. The third-order valence-corrected chi connectivity index (χ3v) is 20.4. The van der Waals surface area contributed by atoms with E-state index in [0.717, 1.165) is 14.2 Å². The zero-order valence-corrected chi connectivity index (χ0v) is 40.6. The first-order chi connectivity index (χ1) is 29.8. The average Bonchev–Trinajstić information content (AvgIpc) is 3.35. The van der Waals surface area contributed by atoms with Crippen LogP contribution in [-0.4, -0.2) is 49.1 Å². The van der Waals surface area contributed by atoms with Gasteiger partial charge in [0.15, 0.2) is 0 Å². The Morgan fingerprint density at radius 2 is 0.311 bits per heavy atom. The Morgan fingerprint density at radius 1 is 0.213 bits per heavy atom. The summed E-state index contributed by atoms with van der Waals surface area (Å²) in [4.78, 5) is 0. The summed E-state index contributed by atoms with van der Waals surface area (Å²) in [6, 6.07) is 88.4. The zero-order valence-electron chi connectivity index (χ0n) is 35.0. The molecule has 0 aromatic heterocycles. The van der Waals surface area contributed by atoms with Gasteiger partial charge in [0, 0.05) is 35.3 Å². The molecule has 0 atom stereocenters. The quantitative estimate of drug-likeness (QED) is 0.0843. The van der Waals surface area contributed by atoms with Gasteiger partial charge in [-0.15, -0.1) is 0 Å². The summed E-state index contributed by atoms with van der Waals surface area (Å²) in [5.41, 5.74) is 0. The molecule has 0 saturated heterocycles. The number of hydrogen-bond donors (Lipinski definition) is 2. The van der Waals surface area contributed by atoms with Gasteiger partial charge < -0.3 is 10.2 Å². The molecule has 0 heterocycles. The maximum absolute atomic E-state index is 7.00. The first-order valence-electron chi connectivity index (χ1n) is 20.2. The number of benzene rings is 8. The minimum atomic E-state index is -0.348. The second kappa shape index (κ2) is 29.4. The molecule has 0 aliphatic carbocycles. The second-order valence-electron chi connectivity index (χ2n) is 13.3. The molecule has 0 fully saturated rings. The van der Waals surface area contributed by atoms with E-state index in [2.05, 4.69) is 243 Å². The Balaban J connectivity index is 0.000000245. The molecule has 2 nitrogen and oxygen atoms in total. The van der Waals surface area contributed by atoms with Crippen LogP contribution in [0.25, 0.3) is 0 Å². The summed E-state index contributed by atoms with van der Waals surface area (Å²) in [5.74, 6) is 0. The summed E-state index contributed by atoms with van der Waals surface area (Å²) in [5, 5.41) is 25.8. The minimum Gasteiger partial charge on any atom is -0.400 e. The Bertz CT molecular complexity index is 1770. The van der Waals surface area contributed by atoms with Crippen molar-refractivity contribution in [2.75, 3.05) is 38.9 Å². The van der Waals surface area contributed by atoms with Crippen LogP contribution >= 0.6 is 31.7 Å². The van der Waals surface area contributed by atoms with Crippen LogP contribution in [0.1, 0.15) is 0 Å². The van der Waals surface area contributed by atoms with E-state index in [1.807, 2.05) is 0 Å². The number of hydrogen-bond acceptors (Lipinski definition) is 2. The Morgan fingerprint density at radius 3 is 0.410 bits per heavy atom. The molecule has 0 radical (unpaired) electrons. The monoisotopic (exact) mass is 958 g/mol. The molecular weight excluding hydrogens is 900 g/mol. The third-order valence-electron chi connectivity index (χ3n) is 9.64. The first-order valence-corrected chi connectivity index (χ1v) is 26.3. The van der Waals surface area contributed by atoms with Crippen LogP contribution in [0.3, 0.4) is 0 Å². The van der Waals surface area contributed by atoms with Crippen molar-refractivity contribution in [3.05, 3.63) is 243 Å². The number of rotatable bonds is 14. The molecule has 8 aromatic carbocycles. The molecule has 0 amide bonds. The molecule has 0 bridgehead atoms. The predicted molar refractivity (Wildman–Crippen MR) is 272 cm³/mol. The average molecular weight is 957 g/mol. The minimum absolute atomic E-state index is 0. The fraction of sp³-hybridized carbons (Fsp3) is 0.111. The molecule has 7 heteroatoms. The van der Waals surface area contributed by atoms with Crippen molar-refractivity contribution in [2.24, 2.45) is 0 Å². The summed E-state index contributed by atoms with van der Waals surface area (Å²) in [6.45, 7) is 0. The van der Waals surface area contributed by atoms with Crippen molar-refractivity contribution in [3.8, 4) is 0 Å². The summed E-state index contributed by atoms with van der Waals surface area (Å²) < 4.78 is 0. The molecule has 0 aliphatic rings. The second-order valence-corrected chi connectivity index (χ2v) is 22.6. The van der Waals surface area contributed by atoms with Gasteiger partial charge in [-0.25, -0.2) is 0 Å². The van der Waals surface area contributed by atoms with Gasteiger partial charge in [0.25, 0.3) is 0 Å². The smallest absolute Gasteiger partial charge is 0.0319 e. The Kier molecular flexibility index (Phi) is 24.0. The Hall–Kier alpha value is -3.91. The van der Waals surface area contributed by atoms with Gasteiger partial charge in [0.05, 0.1) is 0 Å². The van der Waals surface area contributed by atoms with E-state index in [-0.39, 0.29) is 52.8 Å². The van der Waals surface area contributed by atoms with E-state index < -0.39 is 0 Å². The van der Waals surface area contributed by atoms with Gasteiger partial charge in [-0.1, -0.05) is 243 Å². The molecule has 0 spiro atoms. The topological polar surface area (TPSA) is 40.5 Å². The van der Waals surface area contributed by atoms with Gasteiger partial charge in [-0.05, 0) is 98.8 Å². The van der Waals surface area contributed by atoms with Crippen molar-refractivity contribution >= 4 is 74.1 Å². The van der Waals surface area contributed by atoms with Crippen molar-refractivity contribution in [3.63, 3.8) is 0 Å². The molecule has 61 heavy (non-hydrogen) atoms. The van der Waals surface area contributed by atoms with E-state index >= 15 is 0 Å². The molecule has 8 aromatic rings. The zero-order chi connectivity index (χ0) is 42.0. The van der Waals surface area contributed by atoms with Gasteiger partial charge in [0.2, 0.25) is 0 Å². The predicted octanol–water partition coefficient (Wildman–Crippen LogP) is 9.72. The first kappa shape index (κ1) is 49.7. The van der Waals surface area contributed by atoms with Crippen molar-refractivity contribution in [1.29, 1.82) is 0 Å². The van der Waals surface area contributed by atoms with Crippen LogP contribution < -0.4 is 42.4 Å². The number of aliphatic hydroxyl groups is 2. The van der Waals surface area contributed by atoms with Crippen molar-refractivity contribution in [2.45, 2.75) is 0 Å². The van der Waals surface area contributed by atoms with Crippen LogP contribution in [0.5, 0.6) is 0 Å². The van der Waals surface area contributed by atoms with Crippen LogP contribution in [0.4, 0.5) is 0 Å².